The van der Waals surface area contributed by atoms with E-state index < -0.39 is 6.23 Å². The van der Waals surface area contributed by atoms with Crippen LogP contribution in [0.25, 0.3) is 0 Å². The lowest BCUT2D eigenvalue weighted by molar-refractivity contribution is 0.174. The van der Waals surface area contributed by atoms with E-state index in [9.17, 15) is 5.11 Å². The minimum atomic E-state index is -0.613. The van der Waals surface area contributed by atoms with Crippen molar-refractivity contribution < 1.29 is 14.6 Å². The number of hydrogen-bond donors (Lipinski definition) is 1. The molecule has 0 radical (unpaired) electrons. The number of rotatable bonds is 4. The molecule has 0 bridgehead atoms. The van der Waals surface area contributed by atoms with Gasteiger partial charge in [-0.1, -0.05) is 45.0 Å². The summed E-state index contributed by atoms with van der Waals surface area (Å²) in [6.07, 6.45) is -0.613. The van der Waals surface area contributed by atoms with Crippen molar-refractivity contribution >= 4 is 5.69 Å². The monoisotopic (exact) mass is 327 g/mol. The van der Waals surface area contributed by atoms with Gasteiger partial charge in [0.1, 0.15) is 6.23 Å². The van der Waals surface area contributed by atoms with Crippen molar-refractivity contribution in [1.82, 2.24) is 0 Å². The molecule has 0 spiro atoms. The molecule has 24 heavy (non-hydrogen) atoms. The number of aliphatic hydroxyl groups is 1. The highest BCUT2D eigenvalue weighted by molar-refractivity contribution is 5.58. The molecular weight excluding hydrogens is 302 g/mol. The van der Waals surface area contributed by atoms with E-state index in [0.717, 1.165) is 17.2 Å². The number of ether oxygens (including phenoxy) is 2. The first-order chi connectivity index (χ1) is 11.4. The molecule has 2 aromatic carbocycles. The molecule has 0 aliphatic carbocycles. The van der Waals surface area contributed by atoms with E-state index in [1.54, 1.807) is 6.92 Å². The molecule has 1 aliphatic heterocycles. The zero-order valence-corrected chi connectivity index (χ0v) is 14.7. The first-order valence-corrected chi connectivity index (χ1v) is 8.29. The smallest absolute Gasteiger partial charge is 0.231 e. The molecule has 1 aliphatic rings. The summed E-state index contributed by atoms with van der Waals surface area (Å²) in [7, 11) is 0. The summed E-state index contributed by atoms with van der Waals surface area (Å²) in [4.78, 5) is 1.96. The topological polar surface area (TPSA) is 41.9 Å². The van der Waals surface area contributed by atoms with Crippen LogP contribution in [0.1, 0.15) is 38.8 Å². The van der Waals surface area contributed by atoms with E-state index in [1.807, 2.05) is 29.2 Å². The van der Waals surface area contributed by atoms with Crippen LogP contribution in [0.15, 0.2) is 42.5 Å². The molecule has 1 unspecified atom stereocenters. The Balaban J connectivity index is 1.94. The second kappa shape index (κ2) is 6.36. The molecule has 4 nitrogen and oxygen atoms in total. The van der Waals surface area contributed by atoms with E-state index in [4.69, 9.17) is 9.47 Å². The summed E-state index contributed by atoms with van der Waals surface area (Å²) >= 11 is 0. The second-order valence-electron chi connectivity index (χ2n) is 7.20. The van der Waals surface area contributed by atoms with Gasteiger partial charge in [0.2, 0.25) is 6.79 Å². The Morgan fingerprint density at radius 2 is 1.79 bits per heavy atom. The highest BCUT2D eigenvalue weighted by atomic mass is 16.7. The Labute approximate surface area is 143 Å². The maximum atomic E-state index is 10.3. The molecule has 0 saturated carbocycles. The molecule has 0 saturated heterocycles. The minimum Gasteiger partial charge on any atom is -0.454 e. The van der Waals surface area contributed by atoms with Crippen molar-refractivity contribution in [3.8, 4) is 11.5 Å². The van der Waals surface area contributed by atoms with Gasteiger partial charge in [-0.25, -0.2) is 0 Å². The first kappa shape index (κ1) is 16.7. The SMILES string of the molecule is CC(O)N(Cc1ccccc1C(C)(C)C)c1ccc2c(c1)OCO2. The molecule has 128 valence electrons. The second-order valence-corrected chi connectivity index (χ2v) is 7.20. The van der Waals surface area contributed by atoms with Gasteiger partial charge in [0, 0.05) is 18.3 Å². The lowest BCUT2D eigenvalue weighted by atomic mass is 9.83. The van der Waals surface area contributed by atoms with Crippen molar-refractivity contribution in [2.24, 2.45) is 0 Å². The number of fused-ring (bicyclic) bond motifs is 1. The summed E-state index contributed by atoms with van der Waals surface area (Å²) in [6, 6.07) is 14.2. The summed E-state index contributed by atoms with van der Waals surface area (Å²) < 4.78 is 10.8. The van der Waals surface area contributed by atoms with Crippen molar-refractivity contribution in [2.45, 2.75) is 45.9 Å². The van der Waals surface area contributed by atoms with E-state index in [1.165, 1.54) is 11.1 Å². The Bertz CT molecular complexity index is 719. The lowest BCUT2D eigenvalue weighted by Gasteiger charge is -2.31. The Kier molecular flexibility index (Phi) is 4.41. The van der Waals surface area contributed by atoms with Gasteiger partial charge >= 0.3 is 0 Å². The van der Waals surface area contributed by atoms with Gasteiger partial charge < -0.3 is 19.5 Å². The summed E-state index contributed by atoms with van der Waals surface area (Å²) in [5, 5.41) is 10.3. The summed E-state index contributed by atoms with van der Waals surface area (Å²) in [5.41, 5.74) is 3.47. The third-order valence-electron chi connectivity index (χ3n) is 4.30. The van der Waals surface area contributed by atoms with Crippen LogP contribution in [-0.4, -0.2) is 18.1 Å². The third-order valence-corrected chi connectivity index (χ3v) is 4.30. The Hall–Kier alpha value is -2.20. The molecule has 3 rings (SSSR count). The molecule has 0 amide bonds. The van der Waals surface area contributed by atoms with Crippen molar-refractivity contribution in [3.05, 3.63) is 53.6 Å². The molecule has 0 fully saturated rings. The fourth-order valence-electron chi connectivity index (χ4n) is 3.08. The highest BCUT2D eigenvalue weighted by Gasteiger charge is 2.22. The van der Waals surface area contributed by atoms with Crippen molar-refractivity contribution in [2.75, 3.05) is 11.7 Å². The fourth-order valence-corrected chi connectivity index (χ4v) is 3.08. The van der Waals surface area contributed by atoms with Crippen LogP contribution >= 0.6 is 0 Å². The maximum absolute atomic E-state index is 10.3. The summed E-state index contributed by atoms with van der Waals surface area (Å²) in [6.45, 7) is 9.28. The maximum Gasteiger partial charge on any atom is 0.231 e. The molecule has 0 aromatic heterocycles. The number of hydrogen-bond acceptors (Lipinski definition) is 4. The molecular formula is C20H25NO3. The van der Waals surface area contributed by atoms with E-state index in [2.05, 4.69) is 39.0 Å². The van der Waals surface area contributed by atoms with Gasteiger partial charge in [0.05, 0.1) is 0 Å². The Morgan fingerprint density at radius 1 is 1.08 bits per heavy atom. The van der Waals surface area contributed by atoms with Crippen LogP contribution in [0, 0.1) is 0 Å². The Morgan fingerprint density at radius 3 is 2.50 bits per heavy atom. The van der Waals surface area contributed by atoms with E-state index >= 15 is 0 Å². The molecule has 1 N–H and O–H groups in total. The normalized spacial score (nSPS) is 14.5. The van der Waals surface area contributed by atoms with Gasteiger partial charge in [-0.3, -0.25) is 0 Å². The number of nitrogens with zero attached hydrogens (tertiary/aromatic N) is 1. The van der Waals surface area contributed by atoms with Gasteiger partial charge in [-0.15, -0.1) is 0 Å². The van der Waals surface area contributed by atoms with Gasteiger partial charge in [-0.2, -0.15) is 0 Å². The largest absolute Gasteiger partial charge is 0.454 e. The van der Waals surface area contributed by atoms with Crippen LogP contribution in [0.4, 0.5) is 5.69 Å². The summed E-state index contributed by atoms with van der Waals surface area (Å²) in [5.74, 6) is 1.47. The standard InChI is InChI=1S/C20H25NO3/c1-14(22)21(16-9-10-18-19(11-16)24-13-23-18)12-15-7-5-6-8-17(15)20(2,3)4/h5-11,14,22H,12-13H2,1-4H3. The fraction of sp³-hybridized carbons (Fsp3) is 0.400. The zero-order valence-electron chi connectivity index (χ0n) is 14.7. The van der Waals surface area contributed by atoms with E-state index in [-0.39, 0.29) is 12.2 Å². The zero-order chi connectivity index (χ0) is 17.3. The average Bonchev–Trinajstić information content (AvgIpc) is 2.99. The predicted octanol–water partition coefficient (Wildman–Crippen LogP) is 4.06. The average molecular weight is 327 g/mol. The van der Waals surface area contributed by atoms with Crippen LogP contribution < -0.4 is 14.4 Å². The first-order valence-electron chi connectivity index (χ1n) is 8.29. The quantitative estimate of drug-likeness (QED) is 0.860. The molecule has 2 aromatic rings. The molecule has 1 atom stereocenters. The minimum absolute atomic E-state index is 0.0514. The van der Waals surface area contributed by atoms with Crippen LogP contribution in [0.5, 0.6) is 11.5 Å². The molecule has 4 heteroatoms. The van der Waals surface area contributed by atoms with Crippen LogP contribution in [0.3, 0.4) is 0 Å². The van der Waals surface area contributed by atoms with Crippen molar-refractivity contribution in [1.29, 1.82) is 0 Å². The van der Waals surface area contributed by atoms with Crippen molar-refractivity contribution in [3.63, 3.8) is 0 Å². The number of benzene rings is 2. The number of anilines is 1. The van der Waals surface area contributed by atoms with Gasteiger partial charge in [0.25, 0.3) is 0 Å². The third kappa shape index (κ3) is 3.34. The highest BCUT2D eigenvalue weighted by Crippen LogP contribution is 2.37. The molecule has 1 heterocycles. The van der Waals surface area contributed by atoms with E-state index in [0.29, 0.717) is 6.54 Å². The number of aliphatic hydroxyl groups excluding tert-OH is 1. The van der Waals surface area contributed by atoms with Gasteiger partial charge in [0.15, 0.2) is 11.5 Å². The van der Waals surface area contributed by atoms with Gasteiger partial charge in [-0.05, 0) is 35.6 Å². The predicted molar refractivity (Wildman–Crippen MR) is 95.6 cm³/mol. The van der Waals surface area contributed by atoms with Crippen LogP contribution in [-0.2, 0) is 12.0 Å². The van der Waals surface area contributed by atoms with Crippen LogP contribution in [0.2, 0.25) is 0 Å². The lowest BCUT2D eigenvalue weighted by Crippen LogP contribution is -2.33.